The average Bonchev–Trinajstić information content (AvgIpc) is 2.37. The van der Waals surface area contributed by atoms with Crippen LogP contribution in [0.4, 0.5) is 0 Å². The van der Waals surface area contributed by atoms with Crippen molar-refractivity contribution in [2.24, 2.45) is 0 Å². The average molecular weight is 270 g/mol. The molecular formula is C16H18N2O2. The Hall–Kier alpha value is -2.15. The molecule has 1 atom stereocenters. The Bertz CT molecular complexity index is 606. The minimum absolute atomic E-state index is 0.117. The smallest absolute Gasteiger partial charge is 0.234 e. The van der Waals surface area contributed by atoms with Crippen LogP contribution in [0.15, 0.2) is 18.2 Å². The van der Waals surface area contributed by atoms with Crippen molar-refractivity contribution < 1.29 is 9.59 Å². The highest BCUT2D eigenvalue weighted by Crippen LogP contribution is 2.31. The fourth-order valence-electron chi connectivity index (χ4n) is 2.54. The Balaban J connectivity index is 2.38. The lowest BCUT2D eigenvalue weighted by Gasteiger charge is -2.24. The molecule has 1 aromatic rings. The molecule has 0 spiro atoms. The molecule has 1 aromatic carbocycles. The molecule has 1 heterocycles. The van der Waals surface area contributed by atoms with Crippen molar-refractivity contribution in [2.75, 3.05) is 0 Å². The molecule has 4 heteroatoms. The van der Waals surface area contributed by atoms with Crippen molar-refractivity contribution in [1.82, 2.24) is 5.32 Å². The van der Waals surface area contributed by atoms with Crippen LogP contribution in [0.3, 0.4) is 0 Å². The molecule has 0 radical (unpaired) electrons. The van der Waals surface area contributed by atoms with Gasteiger partial charge in [0.25, 0.3) is 0 Å². The second kappa shape index (κ2) is 5.09. The van der Waals surface area contributed by atoms with Crippen LogP contribution in [0, 0.1) is 11.3 Å². The predicted octanol–water partition coefficient (Wildman–Crippen LogP) is 2.38. The van der Waals surface area contributed by atoms with Gasteiger partial charge in [0.05, 0.1) is 17.6 Å². The molecule has 1 fully saturated rings. The van der Waals surface area contributed by atoms with Crippen LogP contribution in [0.25, 0.3) is 0 Å². The first-order valence-corrected chi connectivity index (χ1v) is 6.71. The fraction of sp³-hybridized carbons (Fsp3) is 0.438. The number of hydrogen-bond donors (Lipinski definition) is 1. The molecule has 1 aliphatic heterocycles. The summed E-state index contributed by atoms with van der Waals surface area (Å²) in [5.74, 6) is -0.833. The standard InChI is InChI=1S/C16H18N2O2/c1-16(2,3)13-6-4-10(8-11(13)9-17)12-5-7-14(19)18-15(12)20/h4,6,8,12H,5,7H2,1-3H3,(H,18,19,20). The molecule has 2 amide bonds. The van der Waals surface area contributed by atoms with Gasteiger partial charge in [0.1, 0.15) is 0 Å². The Morgan fingerprint density at radius 3 is 2.55 bits per heavy atom. The quantitative estimate of drug-likeness (QED) is 0.796. The van der Waals surface area contributed by atoms with E-state index < -0.39 is 0 Å². The minimum atomic E-state index is -0.339. The number of rotatable bonds is 1. The number of imide groups is 1. The normalized spacial score (nSPS) is 19.4. The van der Waals surface area contributed by atoms with Gasteiger partial charge in [0.15, 0.2) is 0 Å². The van der Waals surface area contributed by atoms with Crippen molar-refractivity contribution in [3.05, 3.63) is 34.9 Å². The number of benzene rings is 1. The second-order valence-corrected chi connectivity index (χ2v) is 6.17. The molecule has 1 saturated heterocycles. The van der Waals surface area contributed by atoms with E-state index in [1.54, 1.807) is 6.07 Å². The first kappa shape index (κ1) is 14.3. The van der Waals surface area contributed by atoms with Crippen LogP contribution in [0.5, 0.6) is 0 Å². The van der Waals surface area contributed by atoms with E-state index in [1.165, 1.54) is 0 Å². The maximum Gasteiger partial charge on any atom is 0.234 e. The van der Waals surface area contributed by atoms with Gasteiger partial charge in [-0.1, -0.05) is 32.9 Å². The summed E-state index contributed by atoms with van der Waals surface area (Å²) in [6.07, 6.45) is 0.851. The van der Waals surface area contributed by atoms with Crippen molar-refractivity contribution in [1.29, 1.82) is 5.26 Å². The summed E-state index contributed by atoms with van der Waals surface area (Å²) in [4.78, 5) is 23.0. The van der Waals surface area contributed by atoms with Crippen LogP contribution in [0.2, 0.25) is 0 Å². The van der Waals surface area contributed by atoms with E-state index in [2.05, 4.69) is 32.2 Å². The molecule has 4 nitrogen and oxygen atoms in total. The summed E-state index contributed by atoms with van der Waals surface area (Å²) in [6, 6.07) is 7.79. The number of nitrogens with one attached hydrogen (secondary N) is 1. The maximum atomic E-state index is 11.9. The molecule has 2 rings (SSSR count). The van der Waals surface area contributed by atoms with Crippen LogP contribution in [-0.2, 0) is 15.0 Å². The van der Waals surface area contributed by atoms with E-state index in [1.807, 2.05) is 12.1 Å². The molecule has 1 unspecified atom stereocenters. The number of hydrogen-bond acceptors (Lipinski definition) is 3. The third-order valence-electron chi connectivity index (χ3n) is 3.61. The molecule has 1 aliphatic rings. The van der Waals surface area contributed by atoms with Crippen molar-refractivity contribution in [3.8, 4) is 6.07 Å². The van der Waals surface area contributed by atoms with Gasteiger partial charge in [-0.25, -0.2) is 0 Å². The summed E-state index contributed by atoms with van der Waals surface area (Å²) in [6.45, 7) is 6.15. The first-order valence-electron chi connectivity index (χ1n) is 6.71. The number of nitriles is 1. The van der Waals surface area contributed by atoms with Crippen molar-refractivity contribution in [2.45, 2.75) is 44.9 Å². The van der Waals surface area contributed by atoms with E-state index in [4.69, 9.17) is 0 Å². The van der Waals surface area contributed by atoms with E-state index in [-0.39, 0.29) is 23.1 Å². The van der Waals surface area contributed by atoms with Gasteiger partial charge in [0.2, 0.25) is 11.8 Å². The molecule has 104 valence electrons. The van der Waals surface area contributed by atoms with Gasteiger partial charge in [-0.2, -0.15) is 5.26 Å². The van der Waals surface area contributed by atoms with Gasteiger partial charge >= 0.3 is 0 Å². The van der Waals surface area contributed by atoms with Crippen molar-refractivity contribution >= 4 is 11.8 Å². The molecule has 20 heavy (non-hydrogen) atoms. The highest BCUT2D eigenvalue weighted by molar-refractivity contribution is 6.00. The summed E-state index contributed by atoms with van der Waals surface area (Å²) in [5.41, 5.74) is 2.25. The lowest BCUT2D eigenvalue weighted by Crippen LogP contribution is -2.39. The number of carbonyl (C=O) groups is 2. The number of carbonyl (C=O) groups excluding carboxylic acids is 2. The minimum Gasteiger partial charge on any atom is -0.296 e. The van der Waals surface area contributed by atoms with Crippen LogP contribution in [0.1, 0.15) is 56.2 Å². The molecule has 0 saturated carbocycles. The lowest BCUT2D eigenvalue weighted by atomic mass is 9.81. The fourth-order valence-corrected chi connectivity index (χ4v) is 2.54. The summed E-state index contributed by atoms with van der Waals surface area (Å²) < 4.78 is 0. The van der Waals surface area contributed by atoms with Crippen LogP contribution in [-0.4, -0.2) is 11.8 Å². The number of amides is 2. The topological polar surface area (TPSA) is 70.0 Å². The predicted molar refractivity (Wildman–Crippen MR) is 75.0 cm³/mol. The van der Waals surface area contributed by atoms with E-state index in [9.17, 15) is 14.9 Å². The SMILES string of the molecule is CC(C)(C)c1ccc(C2CCC(=O)NC2=O)cc1C#N. The zero-order chi connectivity index (χ0) is 14.9. The van der Waals surface area contributed by atoms with Gasteiger partial charge in [-0.3, -0.25) is 14.9 Å². The molecule has 0 bridgehead atoms. The first-order chi connectivity index (χ1) is 9.32. The maximum absolute atomic E-state index is 11.9. The highest BCUT2D eigenvalue weighted by Gasteiger charge is 2.29. The molecule has 1 N–H and O–H groups in total. The van der Waals surface area contributed by atoms with Crippen LogP contribution >= 0.6 is 0 Å². The third kappa shape index (κ3) is 2.72. The largest absolute Gasteiger partial charge is 0.296 e. The summed E-state index contributed by atoms with van der Waals surface area (Å²) in [7, 11) is 0. The lowest BCUT2D eigenvalue weighted by molar-refractivity contribution is -0.134. The highest BCUT2D eigenvalue weighted by atomic mass is 16.2. The second-order valence-electron chi connectivity index (χ2n) is 6.17. The van der Waals surface area contributed by atoms with E-state index >= 15 is 0 Å². The zero-order valence-corrected chi connectivity index (χ0v) is 12.0. The summed E-state index contributed by atoms with van der Waals surface area (Å²) in [5, 5.41) is 11.7. The number of nitrogens with zero attached hydrogens (tertiary/aromatic N) is 1. The van der Waals surface area contributed by atoms with Gasteiger partial charge in [0, 0.05) is 6.42 Å². The van der Waals surface area contributed by atoms with Gasteiger partial charge in [-0.05, 0) is 29.0 Å². The molecular weight excluding hydrogens is 252 g/mol. The Labute approximate surface area is 118 Å². The van der Waals surface area contributed by atoms with E-state index in [0.29, 0.717) is 18.4 Å². The Morgan fingerprint density at radius 2 is 2.00 bits per heavy atom. The van der Waals surface area contributed by atoms with Crippen LogP contribution < -0.4 is 5.32 Å². The Morgan fingerprint density at radius 1 is 1.30 bits per heavy atom. The molecule has 0 aliphatic carbocycles. The van der Waals surface area contributed by atoms with E-state index in [0.717, 1.165) is 11.1 Å². The van der Waals surface area contributed by atoms with Gasteiger partial charge < -0.3 is 0 Å². The zero-order valence-electron chi connectivity index (χ0n) is 12.0. The monoisotopic (exact) mass is 270 g/mol. The van der Waals surface area contributed by atoms with Gasteiger partial charge in [-0.15, -0.1) is 0 Å². The number of piperidine rings is 1. The van der Waals surface area contributed by atoms with Crippen molar-refractivity contribution in [3.63, 3.8) is 0 Å². The molecule has 0 aromatic heterocycles. The third-order valence-corrected chi connectivity index (χ3v) is 3.61. The summed E-state index contributed by atoms with van der Waals surface area (Å²) >= 11 is 0. The Kier molecular flexibility index (Phi) is 3.63.